The maximum atomic E-state index is 14.1. The van der Waals surface area contributed by atoms with Gasteiger partial charge in [-0.15, -0.1) is 0 Å². The second-order valence-corrected chi connectivity index (χ2v) is 5.56. The summed E-state index contributed by atoms with van der Waals surface area (Å²) in [5.74, 6) is -1.21. The van der Waals surface area contributed by atoms with Crippen LogP contribution in [0.1, 0.15) is 31.1 Å². The molecule has 0 unspecified atom stereocenters. The minimum atomic E-state index is -0.644. The van der Waals surface area contributed by atoms with Crippen molar-refractivity contribution >= 4 is 5.97 Å². The first-order chi connectivity index (χ1) is 9.37. The van der Waals surface area contributed by atoms with Crippen LogP contribution in [0.2, 0.25) is 0 Å². The molecule has 0 aliphatic rings. The quantitative estimate of drug-likeness (QED) is 0.755. The number of hydrogen-bond donors (Lipinski definition) is 0. The molecule has 0 N–H and O–H groups in total. The third kappa shape index (κ3) is 3.44. The molecule has 0 bridgehead atoms. The highest BCUT2D eigenvalue weighted by Gasteiger charge is 2.20. The Morgan fingerprint density at radius 3 is 2.20 bits per heavy atom. The van der Waals surface area contributed by atoms with E-state index in [1.807, 2.05) is 30.3 Å². The van der Waals surface area contributed by atoms with Gasteiger partial charge in [-0.1, -0.05) is 36.4 Å². The molecular formula is C17H17FO2. The minimum Gasteiger partial charge on any atom is -0.456 e. The van der Waals surface area contributed by atoms with Gasteiger partial charge in [0.15, 0.2) is 0 Å². The van der Waals surface area contributed by atoms with E-state index in [1.54, 1.807) is 26.8 Å². The molecule has 0 aliphatic heterocycles. The van der Waals surface area contributed by atoms with Crippen LogP contribution in [0.15, 0.2) is 48.5 Å². The number of ether oxygens (including phenoxy) is 1. The average Bonchev–Trinajstić information content (AvgIpc) is 2.37. The van der Waals surface area contributed by atoms with Gasteiger partial charge in [0.1, 0.15) is 11.4 Å². The molecule has 0 atom stereocenters. The van der Waals surface area contributed by atoms with E-state index >= 15 is 0 Å². The molecule has 0 fully saturated rings. The van der Waals surface area contributed by atoms with Crippen LogP contribution in [-0.2, 0) is 4.74 Å². The maximum Gasteiger partial charge on any atom is 0.341 e. The fourth-order valence-electron chi connectivity index (χ4n) is 1.82. The molecule has 2 aromatic rings. The zero-order valence-electron chi connectivity index (χ0n) is 11.8. The molecule has 0 heterocycles. The Morgan fingerprint density at radius 2 is 1.65 bits per heavy atom. The molecular weight excluding hydrogens is 255 g/mol. The van der Waals surface area contributed by atoms with Gasteiger partial charge in [-0.05, 0) is 44.0 Å². The van der Waals surface area contributed by atoms with Crippen LogP contribution in [0.4, 0.5) is 4.39 Å². The van der Waals surface area contributed by atoms with E-state index in [9.17, 15) is 9.18 Å². The molecule has 0 spiro atoms. The first kappa shape index (κ1) is 14.3. The van der Waals surface area contributed by atoms with Crippen LogP contribution in [0.25, 0.3) is 11.1 Å². The number of halogens is 1. The molecule has 104 valence electrons. The summed E-state index contributed by atoms with van der Waals surface area (Å²) < 4.78 is 19.2. The zero-order chi connectivity index (χ0) is 14.8. The predicted octanol–water partition coefficient (Wildman–Crippen LogP) is 4.45. The molecule has 0 saturated carbocycles. The Morgan fingerprint density at radius 1 is 1.00 bits per heavy atom. The number of esters is 1. The van der Waals surface area contributed by atoms with Crippen LogP contribution in [0, 0.1) is 5.82 Å². The van der Waals surface area contributed by atoms with Gasteiger partial charge >= 0.3 is 5.97 Å². The van der Waals surface area contributed by atoms with Gasteiger partial charge in [0.05, 0.1) is 5.56 Å². The third-order valence-corrected chi connectivity index (χ3v) is 2.70. The summed E-state index contributed by atoms with van der Waals surface area (Å²) in [5, 5.41) is 0. The SMILES string of the molecule is CC(C)(C)OC(=O)c1ccc(-c2ccccc2)cc1F. The number of benzene rings is 2. The largest absolute Gasteiger partial charge is 0.456 e. The van der Waals surface area contributed by atoms with Crippen molar-refractivity contribution in [3.05, 3.63) is 59.9 Å². The average molecular weight is 272 g/mol. The van der Waals surface area contributed by atoms with Crippen molar-refractivity contribution in [2.45, 2.75) is 26.4 Å². The predicted molar refractivity (Wildman–Crippen MR) is 77.0 cm³/mol. The summed E-state index contributed by atoms with van der Waals surface area (Å²) in [6.07, 6.45) is 0. The highest BCUT2D eigenvalue weighted by Crippen LogP contribution is 2.23. The molecule has 0 radical (unpaired) electrons. The van der Waals surface area contributed by atoms with Gasteiger partial charge < -0.3 is 4.74 Å². The first-order valence-electron chi connectivity index (χ1n) is 6.45. The van der Waals surface area contributed by atoms with Gasteiger partial charge in [0.2, 0.25) is 0 Å². The fraction of sp³-hybridized carbons (Fsp3) is 0.235. The Labute approximate surface area is 118 Å². The summed E-state index contributed by atoms with van der Waals surface area (Å²) >= 11 is 0. The Kier molecular flexibility index (Phi) is 3.89. The summed E-state index contributed by atoms with van der Waals surface area (Å²) in [4.78, 5) is 11.9. The third-order valence-electron chi connectivity index (χ3n) is 2.70. The normalized spacial score (nSPS) is 11.2. The number of rotatable bonds is 2. The van der Waals surface area contributed by atoms with Crippen LogP contribution in [0.5, 0.6) is 0 Å². The summed E-state index contributed by atoms with van der Waals surface area (Å²) in [7, 11) is 0. The standard InChI is InChI=1S/C17H17FO2/c1-17(2,3)20-16(19)14-10-9-13(11-15(14)18)12-7-5-4-6-8-12/h4-11H,1-3H3. The lowest BCUT2D eigenvalue weighted by molar-refractivity contribution is 0.00648. The van der Waals surface area contributed by atoms with Crippen LogP contribution < -0.4 is 0 Å². The van der Waals surface area contributed by atoms with E-state index in [4.69, 9.17) is 4.74 Å². The van der Waals surface area contributed by atoms with E-state index < -0.39 is 17.4 Å². The smallest absolute Gasteiger partial charge is 0.341 e. The van der Waals surface area contributed by atoms with Gasteiger partial charge in [0.25, 0.3) is 0 Å². The summed E-state index contributed by atoms with van der Waals surface area (Å²) in [5.41, 5.74) is 0.957. The van der Waals surface area contributed by atoms with Crippen molar-refractivity contribution in [3.8, 4) is 11.1 Å². The Hall–Kier alpha value is -2.16. The highest BCUT2D eigenvalue weighted by molar-refractivity contribution is 5.90. The molecule has 20 heavy (non-hydrogen) atoms. The van der Waals surface area contributed by atoms with E-state index in [0.717, 1.165) is 11.1 Å². The van der Waals surface area contributed by atoms with Crippen molar-refractivity contribution in [2.24, 2.45) is 0 Å². The molecule has 2 nitrogen and oxygen atoms in total. The molecule has 0 saturated heterocycles. The molecule has 2 aromatic carbocycles. The summed E-state index contributed by atoms with van der Waals surface area (Å²) in [6.45, 7) is 5.25. The fourth-order valence-corrected chi connectivity index (χ4v) is 1.82. The van der Waals surface area contributed by atoms with Crippen molar-refractivity contribution in [1.82, 2.24) is 0 Å². The van der Waals surface area contributed by atoms with Gasteiger partial charge in [-0.25, -0.2) is 9.18 Å². The zero-order valence-corrected chi connectivity index (χ0v) is 11.8. The van der Waals surface area contributed by atoms with E-state index in [1.165, 1.54) is 12.1 Å². The van der Waals surface area contributed by atoms with Gasteiger partial charge in [0, 0.05) is 0 Å². The van der Waals surface area contributed by atoms with E-state index in [2.05, 4.69) is 0 Å². The van der Waals surface area contributed by atoms with Crippen molar-refractivity contribution in [3.63, 3.8) is 0 Å². The highest BCUT2D eigenvalue weighted by atomic mass is 19.1. The van der Waals surface area contributed by atoms with Crippen LogP contribution >= 0.6 is 0 Å². The molecule has 2 rings (SSSR count). The lowest BCUT2D eigenvalue weighted by atomic mass is 10.0. The van der Waals surface area contributed by atoms with E-state index in [-0.39, 0.29) is 5.56 Å². The number of carbonyl (C=O) groups is 1. The Bertz CT molecular complexity index is 613. The maximum absolute atomic E-state index is 14.1. The van der Waals surface area contributed by atoms with Gasteiger partial charge in [-0.2, -0.15) is 0 Å². The molecule has 0 amide bonds. The molecule has 3 heteroatoms. The second kappa shape index (κ2) is 5.45. The Balaban J connectivity index is 2.29. The van der Waals surface area contributed by atoms with Crippen molar-refractivity contribution in [1.29, 1.82) is 0 Å². The van der Waals surface area contributed by atoms with Crippen molar-refractivity contribution in [2.75, 3.05) is 0 Å². The first-order valence-corrected chi connectivity index (χ1v) is 6.45. The molecule has 0 aliphatic carbocycles. The minimum absolute atomic E-state index is 0.0420. The lowest BCUT2D eigenvalue weighted by Crippen LogP contribution is -2.24. The summed E-state index contributed by atoms with van der Waals surface area (Å²) in [6, 6.07) is 14.0. The van der Waals surface area contributed by atoms with Crippen molar-refractivity contribution < 1.29 is 13.9 Å². The lowest BCUT2D eigenvalue weighted by Gasteiger charge is -2.19. The van der Waals surface area contributed by atoms with Gasteiger partial charge in [-0.3, -0.25) is 0 Å². The van der Waals surface area contributed by atoms with Crippen LogP contribution in [0.3, 0.4) is 0 Å². The topological polar surface area (TPSA) is 26.3 Å². The number of carbonyl (C=O) groups excluding carboxylic acids is 1. The van der Waals surface area contributed by atoms with E-state index in [0.29, 0.717) is 0 Å². The number of hydrogen-bond acceptors (Lipinski definition) is 2. The second-order valence-electron chi connectivity index (χ2n) is 5.56. The monoisotopic (exact) mass is 272 g/mol. The molecule has 0 aromatic heterocycles. The van der Waals surface area contributed by atoms with Crippen LogP contribution in [-0.4, -0.2) is 11.6 Å².